The Balaban J connectivity index is 2.15. The zero-order valence-corrected chi connectivity index (χ0v) is 12.4. The predicted octanol–water partition coefficient (Wildman–Crippen LogP) is 4.47. The van der Waals surface area contributed by atoms with Crippen molar-refractivity contribution in [2.45, 2.75) is 46.0 Å². The molecule has 100 valence electrons. The second kappa shape index (κ2) is 5.56. The van der Waals surface area contributed by atoms with Gasteiger partial charge < -0.3 is 0 Å². The highest BCUT2D eigenvalue weighted by Crippen LogP contribution is 2.22. The summed E-state index contributed by atoms with van der Waals surface area (Å²) in [6.45, 7) is 8.74. The molecule has 0 spiro atoms. The summed E-state index contributed by atoms with van der Waals surface area (Å²) in [5, 5.41) is 0. The van der Waals surface area contributed by atoms with E-state index in [9.17, 15) is 0 Å². The summed E-state index contributed by atoms with van der Waals surface area (Å²) in [6, 6.07) is 15.1. The SMILES string of the molecule is Cc1cc(CCc2ccccc2)cc(C(C)(C)C)n1. The van der Waals surface area contributed by atoms with E-state index in [1.54, 1.807) is 0 Å². The first kappa shape index (κ1) is 13.8. The van der Waals surface area contributed by atoms with Crippen molar-refractivity contribution >= 4 is 0 Å². The lowest BCUT2D eigenvalue weighted by Gasteiger charge is -2.19. The van der Waals surface area contributed by atoms with Crippen molar-refractivity contribution in [3.63, 3.8) is 0 Å². The van der Waals surface area contributed by atoms with Gasteiger partial charge in [0.05, 0.1) is 0 Å². The van der Waals surface area contributed by atoms with E-state index in [4.69, 9.17) is 0 Å². The highest BCUT2D eigenvalue weighted by molar-refractivity contribution is 5.26. The quantitative estimate of drug-likeness (QED) is 0.786. The molecule has 0 saturated heterocycles. The van der Waals surface area contributed by atoms with Crippen molar-refractivity contribution in [3.8, 4) is 0 Å². The molecule has 0 unspecified atom stereocenters. The van der Waals surface area contributed by atoms with Gasteiger partial charge in [-0.25, -0.2) is 0 Å². The van der Waals surface area contributed by atoms with E-state index in [0.29, 0.717) is 0 Å². The van der Waals surface area contributed by atoms with Crippen molar-refractivity contribution in [2.75, 3.05) is 0 Å². The van der Waals surface area contributed by atoms with Crippen molar-refractivity contribution in [1.29, 1.82) is 0 Å². The number of nitrogens with zero attached hydrogens (tertiary/aromatic N) is 1. The van der Waals surface area contributed by atoms with Crippen LogP contribution in [-0.2, 0) is 18.3 Å². The Morgan fingerprint density at radius 3 is 2.16 bits per heavy atom. The molecule has 1 nitrogen and oxygen atoms in total. The molecule has 1 heterocycles. The molecule has 0 bridgehead atoms. The number of aromatic nitrogens is 1. The molecular formula is C18H23N. The predicted molar refractivity (Wildman–Crippen MR) is 81.5 cm³/mol. The largest absolute Gasteiger partial charge is 0.258 e. The zero-order valence-electron chi connectivity index (χ0n) is 12.4. The highest BCUT2D eigenvalue weighted by atomic mass is 14.7. The Hall–Kier alpha value is -1.63. The number of benzene rings is 1. The van der Waals surface area contributed by atoms with Crippen molar-refractivity contribution in [2.24, 2.45) is 0 Å². The molecule has 1 aromatic carbocycles. The van der Waals surface area contributed by atoms with Crippen LogP contribution in [-0.4, -0.2) is 4.98 Å². The van der Waals surface area contributed by atoms with Gasteiger partial charge in [-0.05, 0) is 43.0 Å². The summed E-state index contributed by atoms with van der Waals surface area (Å²) in [5.41, 5.74) is 5.22. The van der Waals surface area contributed by atoms with E-state index in [2.05, 4.69) is 75.1 Å². The number of pyridine rings is 1. The summed E-state index contributed by atoms with van der Waals surface area (Å²) in [4.78, 5) is 4.66. The molecule has 0 N–H and O–H groups in total. The molecule has 0 aliphatic heterocycles. The molecule has 1 aromatic heterocycles. The van der Waals surface area contributed by atoms with E-state index in [1.807, 2.05) is 0 Å². The fourth-order valence-electron chi connectivity index (χ4n) is 2.20. The van der Waals surface area contributed by atoms with Crippen LogP contribution in [0.15, 0.2) is 42.5 Å². The van der Waals surface area contributed by atoms with E-state index in [-0.39, 0.29) is 5.41 Å². The normalized spacial score (nSPS) is 11.6. The Bertz CT molecular complexity index is 535. The topological polar surface area (TPSA) is 12.9 Å². The minimum Gasteiger partial charge on any atom is -0.258 e. The third-order valence-corrected chi connectivity index (χ3v) is 3.33. The third-order valence-electron chi connectivity index (χ3n) is 3.33. The third kappa shape index (κ3) is 3.92. The van der Waals surface area contributed by atoms with Crippen molar-refractivity contribution in [1.82, 2.24) is 4.98 Å². The Morgan fingerprint density at radius 2 is 1.53 bits per heavy atom. The Labute approximate surface area is 116 Å². The van der Waals surface area contributed by atoms with Gasteiger partial charge in [0.2, 0.25) is 0 Å². The lowest BCUT2D eigenvalue weighted by molar-refractivity contribution is 0.565. The molecule has 0 aliphatic carbocycles. The maximum absolute atomic E-state index is 4.66. The van der Waals surface area contributed by atoms with Crippen LogP contribution in [0.5, 0.6) is 0 Å². The fourth-order valence-corrected chi connectivity index (χ4v) is 2.20. The van der Waals surface area contributed by atoms with Crippen LogP contribution >= 0.6 is 0 Å². The van der Waals surface area contributed by atoms with Crippen LogP contribution < -0.4 is 0 Å². The fraction of sp³-hybridized carbons (Fsp3) is 0.389. The molecule has 2 aromatic rings. The molecule has 0 fully saturated rings. The monoisotopic (exact) mass is 253 g/mol. The van der Waals surface area contributed by atoms with E-state index in [0.717, 1.165) is 18.5 Å². The van der Waals surface area contributed by atoms with Gasteiger partial charge in [-0.3, -0.25) is 4.98 Å². The summed E-state index contributed by atoms with van der Waals surface area (Å²) >= 11 is 0. The smallest absolute Gasteiger partial charge is 0.0462 e. The molecule has 1 heteroatoms. The van der Waals surface area contributed by atoms with Gasteiger partial charge in [0, 0.05) is 16.8 Å². The van der Waals surface area contributed by atoms with Gasteiger partial charge in [0.1, 0.15) is 0 Å². The average Bonchev–Trinajstić information content (AvgIpc) is 2.36. The van der Waals surface area contributed by atoms with Crippen molar-refractivity contribution in [3.05, 3.63) is 65.0 Å². The van der Waals surface area contributed by atoms with Crippen LogP contribution in [0.4, 0.5) is 0 Å². The second-order valence-corrected chi connectivity index (χ2v) is 6.24. The van der Waals surface area contributed by atoms with E-state index in [1.165, 1.54) is 16.8 Å². The molecule has 0 amide bonds. The van der Waals surface area contributed by atoms with Crippen LogP contribution in [0.25, 0.3) is 0 Å². The second-order valence-electron chi connectivity index (χ2n) is 6.24. The van der Waals surface area contributed by atoms with E-state index < -0.39 is 0 Å². The maximum Gasteiger partial charge on any atom is 0.0462 e. The van der Waals surface area contributed by atoms with Gasteiger partial charge in [-0.15, -0.1) is 0 Å². The molecule has 2 rings (SSSR count). The molecule has 0 radical (unpaired) electrons. The van der Waals surface area contributed by atoms with Gasteiger partial charge in [0.15, 0.2) is 0 Å². The first-order valence-electron chi connectivity index (χ1n) is 6.97. The maximum atomic E-state index is 4.66. The average molecular weight is 253 g/mol. The zero-order chi connectivity index (χ0) is 13.9. The first-order valence-corrected chi connectivity index (χ1v) is 6.97. The van der Waals surface area contributed by atoms with Crippen LogP contribution in [0.2, 0.25) is 0 Å². The van der Waals surface area contributed by atoms with Gasteiger partial charge >= 0.3 is 0 Å². The minimum atomic E-state index is 0.119. The van der Waals surface area contributed by atoms with Crippen LogP contribution in [0.3, 0.4) is 0 Å². The Morgan fingerprint density at radius 1 is 0.895 bits per heavy atom. The summed E-state index contributed by atoms with van der Waals surface area (Å²) in [7, 11) is 0. The van der Waals surface area contributed by atoms with Gasteiger partial charge in [-0.1, -0.05) is 51.1 Å². The molecule has 0 saturated carbocycles. The number of rotatable bonds is 3. The van der Waals surface area contributed by atoms with Crippen LogP contribution in [0.1, 0.15) is 43.3 Å². The number of aryl methyl sites for hydroxylation is 3. The molecule has 19 heavy (non-hydrogen) atoms. The lowest BCUT2D eigenvalue weighted by atomic mass is 9.90. The minimum absolute atomic E-state index is 0.119. The van der Waals surface area contributed by atoms with E-state index >= 15 is 0 Å². The molecule has 0 aliphatic rings. The summed E-state index contributed by atoms with van der Waals surface area (Å²) in [6.07, 6.45) is 2.17. The summed E-state index contributed by atoms with van der Waals surface area (Å²) in [5.74, 6) is 0. The van der Waals surface area contributed by atoms with Crippen LogP contribution in [0, 0.1) is 6.92 Å². The first-order chi connectivity index (χ1) is 8.95. The molecule has 0 atom stereocenters. The Kier molecular flexibility index (Phi) is 4.04. The lowest BCUT2D eigenvalue weighted by Crippen LogP contribution is -2.14. The van der Waals surface area contributed by atoms with Gasteiger partial charge in [0.25, 0.3) is 0 Å². The van der Waals surface area contributed by atoms with Crippen molar-refractivity contribution < 1.29 is 0 Å². The number of hydrogen-bond acceptors (Lipinski definition) is 1. The number of hydrogen-bond donors (Lipinski definition) is 0. The molecular weight excluding hydrogens is 230 g/mol. The highest BCUT2D eigenvalue weighted by Gasteiger charge is 2.16. The standard InChI is InChI=1S/C18H23N/c1-14-12-16(13-17(19-14)18(2,3)4)11-10-15-8-6-5-7-9-15/h5-9,12-13H,10-11H2,1-4H3. The van der Waals surface area contributed by atoms with Gasteiger partial charge in [-0.2, -0.15) is 0 Å². The summed E-state index contributed by atoms with van der Waals surface area (Å²) < 4.78 is 0.